The maximum atomic E-state index is 5.98. The van der Waals surface area contributed by atoms with Crippen LogP contribution >= 0.6 is 43.5 Å². The monoisotopic (exact) mass is 427 g/mol. The van der Waals surface area contributed by atoms with Gasteiger partial charge in [0, 0.05) is 21.3 Å². The number of pyridine rings is 1. The molecular formula is C15H12Br2ClN3. The second-order valence-electron chi connectivity index (χ2n) is 4.80. The highest BCUT2D eigenvalue weighted by atomic mass is 79.9. The first-order chi connectivity index (χ1) is 10.0. The van der Waals surface area contributed by atoms with Gasteiger partial charge in [-0.1, -0.05) is 11.6 Å². The van der Waals surface area contributed by atoms with Crippen molar-refractivity contribution in [3.63, 3.8) is 0 Å². The molecule has 3 aromatic rings. The van der Waals surface area contributed by atoms with Crippen molar-refractivity contribution in [3.8, 4) is 0 Å². The molecule has 3 rings (SSSR count). The van der Waals surface area contributed by atoms with Gasteiger partial charge in [0.15, 0.2) is 0 Å². The lowest BCUT2D eigenvalue weighted by Gasteiger charge is -2.10. The highest BCUT2D eigenvalue weighted by molar-refractivity contribution is 9.11. The summed E-state index contributed by atoms with van der Waals surface area (Å²) in [6.45, 7) is 2.70. The van der Waals surface area contributed by atoms with Gasteiger partial charge in [-0.25, -0.2) is 4.98 Å². The molecule has 0 atom stereocenters. The van der Waals surface area contributed by atoms with Gasteiger partial charge in [0.05, 0.1) is 22.9 Å². The standard InChI is InChI=1S/C15H12Br2ClN3/c1-9-4-12(16)15(13(17)5-9)19-6-11-8-21-7-10(18)2-3-14(21)20-11/h2-5,7-8,19H,6H2,1H3. The van der Waals surface area contributed by atoms with Crippen LogP contribution in [0.4, 0.5) is 5.69 Å². The number of aryl methyl sites for hydroxylation is 1. The van der Waals surface area contributed by atoms with E-state index in [2.05, 4.69) is 61.2 Å². The zero-order valence-corrected chi connectivity index (χ0v) is 15.1. The average Bonchev–Trinajstić information content (AvgIpc) is 2.79. The van der Waals surface area contributed by atoms with E-state index in [0.717, 1.165) is 26.0 Å². The summed E-state index contributed by atoms with van der Waals surface area (Å²) in [5, 5.41) is 4.10. The van der Waals surface area contributed by atoms with Crippen molar-refractivity contribution in [2.45, 2.75) is 13.5 Å². The van der Waals surface area contributed by atoms with E-state index < -0.39 is 0 Å². The lowest BCUT2D eigenvalue weighted by atomic mass is 10.2. The lowest BCUT2D eigenvalue weighted by molar-refractivity contribution is 1.07. The van der Waals surface area contributed by atoms with Crippen molar-refractivity contribution in [2.75, 3.05) is 5.32 Å². The Hall–Kier alpha value is -1.04. The first kappa shape index (κ1) is 14.9. The van der Waals surface area contributed by atoms with E-state index in [1.165, 1.54) is 5.56 Å². The predicted molar refractivity (Wildman–Crippen MR) is 94.1 cm³/mol. The minimum Gasteiger partial charge on any atom is -0.377 e. The molecule has 2 heterocycles. The van der Waals surface area contributed by atoms with Crippen LogP contribution in [0.15, 0.2) is 45.6 Å². The zero-order valence-electron chi connectivity index (χ0n) is 11.2. The summed E-state index contributed by atoms with van der Waals surface area (Å²) in [5.41, 5.74) is 4.06. The van der Waals surface area contributed by atoms with Crippen molar-refractivity contribution < 1.29 is 0 Å². The molecule has 6 heteroatoms. The third kappa shape index (κ3) is 3.25. The molecule has 0 saturated heterocycles. The molecule has 0 aliphatic carbocycles. The summed E-state index contributed by atoms with van der Waals surface area (Å²) in [7, 11) is 0. The van der Waals surface area contributed by atoms with Crippen LogP contribution < -0.4 is 5.32 Å². The Bertz CT molecular complexity index is 791. The molecule has 0 saturated carbocycles. The number of fused-ring (bicyclic) bond motifs is 1. The van der Waals surface area contributed by atoms with Crippen LogP contribution in [0.5, 0.6) is 0 Å². The summed E-state index contributed by atoms with van der Waals surface area (Å²) < 4.78 is 3.99. The molecule has 1 N–H and O–H groups in total. The smallest absolute Gasteiger partial charge is 0.137 e. The van der Waals surface area contributed by atoms with E-state index in [-0.39, 0.29) is 0 Å². The van der Waals surface area contributed by atoms with Crippen LogP contribution in [0, 0.1) is 6.92 Å². The molecule has 0 spiro atoms. The maximum absolute atomic E-state index is 5.98. The maximum Gasteiger partial charge on any atom is 0.137 e. The minimum atomic E-state index is 0.638. The second kappa shape index (κ2) is 5.99. The Kier molecular flexibility index (Phi) is 4.24. The van der Waals surface area contributed by atoms with Gasteiger partial charge in [0.1, 0.15) is 5.65 Å². The highest BCUT2D eigenvalue weighted by Crippen LogP contribution is 2.32. The van der Waals surface area contributed by atoms with Crippen molar-refractivity contribution in [1.29, 1.82) is 0 Å². The number of nitrogens with zero attached hydrogens (tertiary/aromatic N) is 2. The number of benzene rings is 1. The van der Waals surface area contributed by atoms with Crippen LogP contribution in [-0.4, -0.2) is 9.38 Å². The number of nitrogens with one attached hydrogen (secondary N) is 1. The van der Waals surface area contributed by atoms with Crippen LogP contribution in [0.3, 0.4) is 0 Å². The molecule has 0 amide bonds. The molecule has 0 radical (unpaired) electrons. The van der Waals surface area contributed by atoms with E-state index in [0.29, 0.717) is 11.6 Å². The summed E-state index contributed by atoms with van der Waals surface area (Å²) >= 11 is 13.1. The number of hydrogen-bond acceptors (Lipinski definition) is 2. The SMILES string of the molecule is Cc1cc(Br)c(NCc2cn3cc(Cl)ccc3n2)c(Br)c1. The molecule has 21 heavy (non-hydrogen) atoms. The Morgan fingerprint density at radius 2 is 1.90 bits per heavy atom. The van der Waals surface area contributed by atoms with Crippen molar-refractivity contribution >= 4 is 54.8 Å². The van der Waals surface area contributed by atoms with Gasteiger partial charge in [0.25, 0.3) is 0 Å². The Morgan fingerprint density at radius 3 is 2.62 bits per heavy atom. The van der Waals surface area contributed by atoms with Crippen molar-refractivity contribution in [1.82, 2.24) is 9.38 Å². The summed E-state index contributed by atoms with van der Waals surface area (Å²) in [6.07, 6.45) is 3.83. The fourth-order valence-corrected chi connectivity index (χ4v) is 4.01. The van der Waals surface area contributed by atoms with Crippen LogP contribution in [0.1, 0.15) is 11.3 Å². The summed E-state index contributed by atoms with van der Waals surface area (Å²) in [5.74, 6) is 0. The molecule has 0 bridgehead atoms. The van der Waals surface area contributed by atoms with Gasteiger partial charge in [-0.15, -0.1) is 0 Å². The highest BCUT2D eigenvalue weighted by Gasteiger charge is 2.07. The van der Waals surface area contributed by atoms with Crippen LogP contribution in [0.25, 0.3) is 5.65 Å². The Labute approximate surface area is 144 Å². The number of anilines is 1. The molecule has 0 aliphatic heterocycles. The predicted octanol–water partition coefficient (Wildman–Crippen LogP) is 5.43. The Morgan fingerprint density at radius 1 is 1.19 bits per heavy atom. The fourth-order valence-electron chi connectivity index (χ4n) is 2.15. The van der Waals surface area contributed by atoms with Crippen LogP contribution in [-0.2, 0) is 6.54 Å². The number of hydrogen-bond donors (Lipinski definition) is 1. The molecule has 0 unspecified atom stereocenters. The molecule has 0 fully saturated rings. The van der Waals surface area contributed by atoms with E-state index >= 15 is 0 Å². The van der Waals surface area contributed by atoms with Gasteiger partial charge in [0.2, 0.25) is 0 Å². The quantitative estimate of drug-likeness (QED) is 0.601. The molecule has 108 valence electrons. The molecule has 2 aromatic heterocycles. The van der Waals surface area contributed by atoms with Crippen molar-refractivity contribution in [3.05, 3.63) is 61.9 Å². The van der Waals surface area contributed by atoms with Gasteiger partial charge >= 0.3 is 0 Å². The first-order valence-electron chi connectivity index (χ1n) is 6.35. The number of imidazole rings is 1. The van der Waals surface area contributed by atoms with E-state index in [1.807, 2.05) is 28.9 Å². The Balaban J connectivity index is 1.83. The van der Waals surface area contributed by atoms with Gasteiger partial charge in [-0.05, 0) is 68.6 Å². The third-order valence-corrected chi connectivity index (χ3v) is 4.57. The number of halogens is 3. The van der Waals surface area contributed by atoms with Gasteiger partial charge in [-0.2, -0.15) is 0 Å². The van der Waals surface area contributed by atoms with E-state index in [1.54, 1.807) is 0 Å². The molecule has 0 aliphatic rings. The molecule has 1 aromatic carbocycles. The van der Waals surface area contributed by atoms with Gasteiger partial charge in [-0.3, -0.25) is 0 Å². The third-order valence-electron chi connectivity index (χ3n) is 3.10. The second-order valence-corrected chi connectivity index (χ2v) is 6.95. The summed E-state index contributed by atoms with van der Waals surface area (Å²) in [6, 6.07) is 7.91. The first-order valence-corrected chi connectivity index (χ1v) is 8.32. The fraction of sp³-hybridized carbons (Fsp3) is 0.133. The van der Waals surface area contributed by atoms with Crippen LogP contribution in [0.2, 0.25) is 5.02 Å². The normalized spacial score (nSPS) is 11.0. The van der Waals surface area contributed by atoms with Gasteiger partial charge < -0.3 is 9.72 Å². The minimum absolute atomic E-state index is 0.638. The largest absolute Gasteiger partial charge is 0.377 e. The zero-order chi connectivity index (χ0) is 15.0. The molecule has 3 nitrogen and oxygen atoms in total. The molecular weight excluding hydrogens is 417 g/mol. The summed E-state index contributed by atoms with van der Waals surface area (Å²) in [4.78, 5) is 4.56. The topological polar surface area (TPSA) is 29.3 Å². The lowest BCUT2D eigenvalue weighted by Crippen LogP contribution is -2.01. The number of aromatic nitrogens is 2. The van der Waals surface area contributed by atoms with Crippen molar-refractivity contribution in [2.24, 2.45) is 0 Å². The van der Waals surface area contributed by atoms with E-state index in [4.69, 9.17) is 11.6 Å². The number of rotatable bonds is 3. The van der Waals surface area contributed by atoms with E-state index in [9.17, 15) is 0 Å². The average molecular weight is 430 g/mol.